The number of anilines is 1. The van der Waals surface area contributed by atoms with E-state index in [1.165, 1.54) is 19.3 Å². The Morgan fingerprint density at radius 3 is 2.89 bits per heavy atom. The first-order valence-electron chi connectivity index (χ1n) is 6.82. The van der Waals surface area contributed by atoms with E-state index in [0.29, 0.717) is 29.6 Å². The van der Waals surface area contributed by atoms with Gasteiger partial charge in [0.05, 0.1) is 19.3 Å². The van der Waals surface area contributed by atoms with Gasteiger partial charge in [-0.1, -0.05) is 6.42 Å². The topological polar surface area (TPSA) is 55.6 Å². The molecule has 1 fully saturated rings. The molecule has 1 aromatic carbocycles. The van der Waals surface area contributed by atoms with Gasteiger partial charge in [0.1, 0.15) is 5.75 Å². The molecule has 2 rings (SSSR count). The Morgan fingerprint density at radius 2 is 2.26 bits per heavy atom. The molecule has 1 saturated heterocycles. The van der Waals surface area contributed by atoms with Crippen LogP contribution in [0, 0.1) is 0 Å². The Bertz CT molecular complexity index is 459. The van der Waals surface area contributed by atoms with Crippen LogP contribution in [-0.4, -0.2) is 36.9 Å². The molecule has 0 amide bonds. The minimum Gasteiger partial charge on any atom is -0.495 e. The highest BCUT2D eigenvalue weighted by molar-refractivity contribution is 5.98. The molecule has 0 aliphatic carbocycles. The van der Waals surface area contributed by atoms with Crippen molar-refractivity contribution in [1.82, 2.24) is 4.90 Å². The van der Waals surface area contributed by atoms with Gasteiger partial charge in [-0.3, -0.25) is 9.69 Å². The Morgan fingerprint density at radius 1 is 1.47 bits per heavy atom. The van der Waals surface area contributed by atoms with Gasteiger partial charge in [0.15, 0.2) is 5.78 Å². The van der Waals surface area contributed by atoms with Crippen molar-refractivity contribution >= 4 is 11.5 Å². The molecule has 4 nitrogen and oxygen atoms in total. The summed E-state index contributed by atoms with van der Waals surface area (Å²) in [6.07, 6.45) is 3.63. The van der Waals surface area contributed by atoms with Crippen molar-refractivity contribution in [2.75, 3.05) is 25.9 Å². The third-order valence-corrected chi connectivity index (χ3v) is 3.84. The van der Waals surface area contributed by atoms with Gasteiger partial charge in [0.2, 0.25) is 0 Å². The summed E-state index contributed by atoms with van der Waals surface area (Å²) in [6, 6.07) is 5.73. The van der Waals surface area contributed by atoms with Crippen LogP contribution in [-0.2, 0) is 0 Å². The maximum absolute atomic E-state index is 12.3. The van der Waals surface area contributed by atoms with Gasteiger partial charge < -0.3 is 10.5 Å². The first-order chi connectivity index (χ1) is 9.11. The fourth-order valence-corrected chi connectivity index (χ4v) is 2.58. The van der Waals surface area contributed by atoms with Crippen LogP contribution in [0.4, 0.5) is 5.69 Å². The predicted octanol–water partition coefficient (Wildman–Crippen LogP) is 2.33. The van der Waals surface area contributed by atoms with Gasteiger partial charge >= 0.3 is 0 Å². The number of hydrogen-bond acceptors (Lipinski definition) is 4. The highest BCUT2D eigenvalue weighted by Crippen LogP contribution is 2.23. The molecule has 0 spiro atoms. The number of ether oxygens (including phenoxy) is 1. The molecule has 104 valence electrons. The highest BCUT2D eigenvalue weighted by atomic mass is 16.5. The molecular formula is C15H22N2O2. The maximum atomic E-state index is 12.3. The molecule has 1 atom stereocenters. The second kappa shape index (κ2) is 6.06. The van der Waals surface area contributed by atoms with Gasteiger partial charge in [-0.2, -0.15) is 0 Å². The summed E-state index contributed by atoms with van der Waals surface area (Å²) in [6.45, 7) is 3.68. The van der Waals surface area contributed by atoms with Crippen molar-refractivity contribution in [2.24, 2.45) is 0 Å². The normalized spacial score (nSPS) is 20.2. The Kier molecular flexibility index (Phi) is 4.43. The van der Waals surface area contributed by atoms with Crippen molar-refractivity contribution in [1.29, 1.82) is 0 Å². The number of Topliss-reactive ketones (excluding diaryl/α,β-unsaturated/α-hetero) is 1. The number of benzene rings is 1. The summed E-state index contributed by atoms with van der Waals surface area (Å²) < 4.78 is 5.10. The predicted molar refractivity (Wildman–Crippen MR) is 76.6 cm³/mol. The zero-order valence-electron chi connectivity index (χ0n) is 11.7. The third-order valence-electron chi connectivity index (χ3n) is 3.84. The number of nitrogens with zero attached hydrogens (tertiary/aromatic N) is 1. The lowest BCUT2D eigenvalue weighted by molar-refractivity contribution is 0.0860. The van der Waals surface area contributed by atoms with Crippen LogP contribution in [0.1, 0.15) is 36.5 Å². The molecule has 1 aromatic rings. The van der Waals surface area contributed by atoms with Crippen molar-refractivity contribution in [3.63, 3.8) is 0 Å². The number of methoxy groups -OCH3 is 1. The van der Waals surface area contributed by atoms with Crippen molar-refractivity contribution < 1.29 is 9.53 Å². The molecule has 1 heterocycles. The molecule has 0 aromatic heterocycles. The average Bonchev–Trinajstić information content (AvgIpc) is 2.41. The lowest BCUT2D eigenvalue weighted by Gasteiger charge is -2.32. The highest BCUT2D eigenvalue weighted by Gasteiger charge is 2.21. The first-order valence-corrected chi connectivity index (χ1v) is 6.82. The maximum Gasteiger partial charge on any atom is 0.176 e. The zero-order valence-corrected chi connectivity index (χ0v) is 11.7. The number of hydrogen-bond donors (Lipinski definition) is 1. The minimum atomic E-state index is 0.128. The Labute approximate surface area is 114 Å². The molecule has 2 N–H and O–H groups in total. The lowest BCUT2D eigenvalue weighted by atomic mass is 10.0. The van der Waals surface area contributed by atoms with E-state index in [4.69, 9.17) is 10.5 Å². The van der Waals surface area contributed by atoms with Gasteiger partial charge in [-0.15, -0.1) is 0 Å². The molecule has 0 bridgehead atoms. The second-order valence-corrected chi connectivity index (χ2v) is 5.20. The molecule has 0 saturated carbocycles. The smallest absolute Gasteiger partial charge is 0.176 e. The fourth-order valence-electron chi connectivity index (χ4n) is 2.58. The largest absolute Gasteiger partial charge is 0.495 e. The number of carbonyl (C=O) groups excluding carboxylic acids is 1. The van der Waals surface area contributed by atoms with Crippen LogP contribution in [0.25, 0.3) is 0 Å². The van der Waals surface area contributed by atoms with Crippen LogP contribution in [0.15, 0.2) is 18.2 Å². The summed E-state index contributed by atoms with van der Waals surface area (Å²) in [7, 11) is 1.57. The van der Waals surface area contributed by atoms with E-state index >= 15 is 0 Å². The van der Waals surface area contributed by atoms with Gasteiger partial charge in [-0.05, 0) is 44.5 Å². The van der Waals surface area contributed by atoms with Crippen LogP contribution in [0.3, 0.4) is 0 Å². The minimum absolute atomic E-state index is 0.128. The second-order valence-electron chi connectivity index (χ2n) is 5.20. The number of nitrogens with two attached hydrogens (primary N) is 1. The Balaban J connectivity index is 2.05. The number of nitrogen functional groups attached to an aromatic ring is 1. The fraction of sp³-hybridized carbons (Fsp3) is 0.533. The molecule has 19 heavy (non-hydrogen) atoms. The van der Waals surface area contributed by atoms with Crippen molar-refractivity contribution in [3.05, 3.63) is 23.8 Å². The standard InChI is InChI=1S/C15H22N2O2/c1-11-5-3-4-8-17(11)10-14(18)12-6-7-15(19-2)13(16)9-12/h6-7,9,11H,3-5,8,10,16H2,1-2H3. The van der Waals surface area contributed by atoms with E-state index in [-0.39, 0.29) is 5.78 Å². The molecule has 1 unspecified atom stereocenters. The summed E-state index contributed by atoms with van der Waals surface area (Å²) in [4.78, 5) is 14.5. The van der Waals surface area contributed by atoms with Gasteiger partial charge in [0.25, 0.3) is 0 Å². The summed E-state index contributed by atoms with van der Waals surface area (Å²) in [5, 5.41) is 0. The first kappa shape index (κ1) is 13.9. The Hall–Kier alpha value is -1.55. The van der Waals surface area contributed by atoms with E-state index in [9.17, 15) is 4.79 Å². The SMILES string of the molecule is COc1ccc(C(=O)CN2CCCCC2C)cc1N. The number of piperidine rings is 1. The number of rotatable bonds is 4. The molecule has 4 heteroatoms. The molecular weight excluding hydrogens is 240 g/mol. The van der Waals surface area contributed by atoms with E-state index in [1.807, 2.05) is 0 Å². The van der Waals surface area contributed by atoms with Crippen LogP contribution in [0.2, 0.25) is 0 Å². The summed E-state index contributed by atoms with van der Waals surface area (Å²) in [5.41, 5.74) is 7.02. The van der Waals surface area contributed by atoms with Gasteiger partial charge in [0, 0.05) is 11.6 Å². The quantitative estimate of drug-likeness (QED) is 0.668. The van der Waals surface area contributed by atoms with Gasteiger partial charge in [-0.25, -0.2) is 0 Å². The zero-order chi connectivity index (χ0) is 13.8. The lowest BCUT2D eigenvalue weighted by Crippen LogP contribution is -2.40. The third kappa shape index (κ3) is 3.26. The van der Waals surface area contributed by atoms with Crippen LogP contribution in [0.5, 0.6) is 5.75 Å². The number of likely N-dealkylation sites (tertiary alicyclic amines) is 1. The van der Waals surface area contributed by atoms with E-state index in [2.05, 4.69) is 11.8 Å². The van der Waals surface area contributed by atoms with Crippen molar-refractivity contribution in [2.45, 2.75) is 32.2 Å². The van der Waals surface area contributed by atoms with Crippen molar-refractivity contribution in [3.8, 4) is 5.75 Å². The molecule has 0 radical (unpaired) electrons. The summed E-state index contributed by atoms with van der Waals surface area (Å²) in [5.74, 6) is 0.742. The number of carbonyl (C=O) groups is 1. The van der Waals surface area contributed by atoms with E-state index in [0.717, 1.165) is 6.54 Å². The number of ketones is 1. The van der Waals surface area contributed by atoms with Crippen LogP contribution >= 0.6 is 0 Å². The van der Waals surface area contributed by atoms with Crippen LogP contribution < -0.4 is 10.5 Å². The van der Waals surface area contributed by atoms with E-state index in [1.54, 1.807) is 25.3 Å². The summed E-state index contributed by atoms with van der Waals surface area (Å²) >= 11 is 0. The average molecular weight is 262 g/mol. The van der Waals surface area contributed by atoms with E-state index < -0.39 is 0 Å². The molecule has 1 aliphatic rings. The monoisotopic (exact) mass is 262 g/mol. The molecule has 1 aliphatic heterocycles.